The minimum Gasteiger partial charge on any atom is -0.456 e. The van der Waals surface area contributed by atoms with Crippen LogP contribution in [0.2, 0.25) is 5.02 Å². The van der Waals surface area contributed by atoms with E-state index in [1.54, 1.807) is 42.5 Å². The Morgan fingerprint density at radius 2 is 1.71 bits per heavy atom. The Kier molecular flexibility index (Phi) is 5.00. The number of fused-ring (bicyclic) bond motifs is 1. The van der Waals surface area contributed by atoms with Crippen molar-refractivity contribution in [1.82, 2.24) is 0 Å². The Morgan fingerprint density at radius 3 is 2.50 bits per heavy atom. The van der Waals surface area contributed by atoms with Crippen molar-refractivity contribution in [3.8, 4) is 11.5 Å². The molecule has 2 N–H and O–H groups in total. The maximum atomic E-state index is 12.8. The number of carbonyl (C=O) groups is 2. The third-order valence-electron chi connectivity index (χ3n) is 4.50. The third kappa shape index (κ3) is 3.85. The van der Waals surface area contributed by atoms with Crippen LogP contribution in [-0.4, -0.2) is 11.8 Å². The maximum Gasteiger partial charge on any atom is 0.232 e. The van der Waals surface area contributed by atoms with Gasteiger partial charge < -0.3 is 15.4 Å². The fourth-order valence-electron chi connectivity index (χ4n) is 3.14. The molecule has 0 bridgehead atoms. The lowest BCUT2D eigenvalue weighted by Gasteiger charge is -2.24. The number of hydrogen-bond acceptors (Lipinski definition) is 3. The summed E-state index contributed by atoms with van der Waals surface area (Å²) < 4.78 is 5.75. The average Bonchev–Trinajstić information content (AvgIpc) is 2.70. The molecular formula is C22H17ClN2O3. The molecule has 5 nitrogen and oxygen atoms in total. The van der Waals surface area contributed by atoms with E-state index in [9.17, 15) is 9.59 Å². The summed E-state index contributed by atoms with van der Waals surface area (Å²) in [5.41, 5.74) is 2.13. The number of carbonyl (C=O) groups excluding carboxylic acids is 2. The Balaban J connectivity index is 1.47. The van der Waals surface area contributed by atoms with Crippen LogP contribution < -0.4 is 15.4 Å². The Bertz CT molecular complexity index is 1030. The van der Waals surface area contributed by atoms with E-state index in [2.05, 4.69) is 10.6 Å². The highest BCUT2D eigenvalue weighted by Gasteiger charge is 2.30. The minimum atomic E-state index is -0.524. The molecule has 1 heterocycles. The van der Waals surface area contributed by atoms with Gasteiger partial charge in [0, 0.05) is 17.8 Å². The molecule has 6 heteroatoms. The summed E-state index contributed by atoms with van der Waals surface area (Å²) in [4.78, 5) is 24.7. The van der Waals surface area contributed by atoms with Crippen LogP contribution >= 0.6 is 11.6 Å². The van der Waals surface area contributed by atoms with Gasteiger partial charge in [-0.3, -0.25) is 9.59 Å². The van der Waals surface area contributed by atoms with E-state index >= 15 is 0 Å². The number of rotatable bonds is 4. The summed E-state index contributed by atoms with van der Waals surface area (Å²) in [6.45, 7) is 0. The standard InChI is InChI=1S/C22H17ClN2O3/c23-18-6-2-4-8-20(18)28-15-11-9-14(10-12-15)24-22(27)17-13-21(26)25-19-7-3-1-5-16(17)19/h1-12,17H,13H2,(H,24,27)(H,25,26). The van der Waals surface area contributed by atoms with E-state index in [1.165, 1.54) is 0 Å². The molecule has 1 unspecified atom stereocenters. The molecule has 0 saturated carbocycles. The van der Waals surface area contributed by atoms with E-state index < -0.39 is 5.92 Å². The van der Waals surface area contributed by atoms with Crippen molar-refractivity contribution < 1.29 is 14.3 Å². The zero-order chi connectivity index (χ0) is 19.5. The van der Waals surface area contributed by atoms with Crippen LogP contribution in [0.15, 0.2) is 72.8 Å². The highest BCUT2D eigenvalue weighted by molar-refractivity contribution is 6.32. The molecule has 0 fully saturated rings. The largest absolute Gasteiger partial charge is 0.456 e. The first-order valence-corrected chi connectivity index (χ1v) is 9.20. The molecule has 0 saturated heterocycles. The SMILES string of the molecule is O=C1CC(C(=O)Nc2ccc(Oc3ccccc3Cl)cc2)c2ccccc2N1. The molecule has 0 aliphatic carbocycles. The van der Waals surface area contributed by atoms with Gasteiger partial charge in [0.15, 0.2) is 0 Å². The smallest absolute Gasteiger partial charge is 0.232 e. The second-order valence-corrected chi connectivity index (χ2v) is 6.85. The predicted molar refractivity (Wildman–Crippen MR) is 109 cm³/mol. The van der Waals surface area contributed by atoms with Crippen molar-refractivity contribution in [2.75, 3.05) is 10.6 Å². The number of ether oxygens (including phenoxy) is 1. The van der Waals surface area contributed by atoms with Crippen molar-refractivity contribution in [3.63, 3.8) is 0 Å². The molecule has 28 heavy (non-hydrogen) atoms. The minimum absolute atomic E-state index is 0.122. The Labute approximate surface area is 167 Å². The Hall–Kier alpha value is -3.31. The lowest BCUT2D eigenvalue weighted by molar-refractivity contribution is -0.123. The van der Waals surface area contributed by atoms with Crippen LogP contribution in [0.25, 0.3) is 0 Å². The summed E-state index contributed by atoms with van der Waals surface area (Å²) in [6.07, 6.45) is 0.122. The van der Waals surface area contributed by atoms with Crippen LogP contribution in [0.4, 0.5) is 11.4 Å². The summed E-state index contributed by atoms with van der Waals surface area (Å²) in [5, 5.41) is 6.19. The number of amides is 2. The van der Waals surface area contributed by atoms with Crippen LogP contribution in [0.1, 0.15) is 17.9 Å². The predicted octanol–water partition coefficient (Wildman–Crippen LogP) is 5.20. The molecule has 4 rings (SSSR count). The number of nitrogens with one attached hydrogen (secondary N) is 2. The molecule has 3 aromatic carbocycles. The van der Waals surface area contributed by atoms with Crippen LogP contribution in [0, 0.1) is 0 Å². The number of para-hydroxylation sites is 2. The van der Waals surface area contributed by atoms with Gasteiger partial charge in [-0.1, -0.05) is 41.9 Å². The van der Waals surface area contributed by atoms with Gasteiger partial charge in [0.25, 0.3) is 0 Å². The number of anilines is 2. The fraction of sp³-hybridized carbons (Fsp3) is 0.0909. The lowest BCUT2D eigenvalue weighted by atomic mass is 9.90. The summed E-state index contributed by atoms with van der Waals surface area (Å²) >= 11 is 6.10. The van der Waals surface area contributed by atoms with Gasteiger partial charge in [-0.05, 0) is 48.0 Å². The highest BCUT2D eigenvalue weighted by Crippen LogP contribution is 2.33. The number of hydrogen-bond donors (Lipinski definition) is 2. The lowest BCUT2D eigenvalue weighted by Crippen LogP contribution is -2.30. The fourth-order valence-corrected chi connectivity index (χ4v) is 3.31. The first kappa shape index (κ1) is 18.1. The summed E-state index contributed by atoms with van der Waals surface area (Å²) in [7, 11) is 0. The van der Waals surface area contributed by atoms with Gasteiger partial charge in [0.05, 0.1) is 10.9 Å². The van der Waals surface area contributed by atoms with Crippen LogP contribution in [-0.2, 0) is 9.59 Å². The van der Waals surface area contributed by atoms with Gasteiger partial charge in [-0.15, -0.1) is 0 Å². The molecule has 1 atom stereocenters. The first-order valence-electron chi connectivity index (χ1n) is 8.82. The Morgan fingerprint density at radius 1 is 1.00 bits per heavy atom. The normalized spacial score (nSPS) is 15.3. The quantitative estimate of drug-likeness (QED) is 0.641. The van der Waals surface area contributed by atoms with E-state index in [0.29, 0.717) is 27.9 Å². The zero-order valence-corrected chi connectivity index (χ0v) is 15.6. The molecule has 140 valence electrons. The van der Waals surface area contributed by atoms with E-state index in [4.69, 9.17) is 16.3 Å². The van der Waals surface area contributed by atoms with Crippen molar-refractivity contribution in [2.45, 2.75) is 12.3 Å². The zero-order valence-electron chi connectivity index (χ0n) is 14.8. The second-order valence-electron chi connectivity index (χ2n) is 6.44. The van der Waals surface area contributed by atoms with Crippen molar-refractivity contribution in [1.29, 1.82) is 0 Å². The van der Waals surface area contributed by atoms with Crippen molar-refractivity contribution in [3.05, 3.63) is 83.4 Å². The molecule has 0 spiro atoms. The summed E-state index contributed by atoms with van der Waals surface area (Å²) in [6, 6.07) is 21.6. The van der Waals surface area contributed by atoms with E-state index in [-0.39, 0.29) is 18.2 Å². The van der Waals surface area contributed by atoms with Gasteiger partial charge in [-0.25, -0.2) is 0 Å². The van der Waals surface area contributed by atoms with Crippen LogP contribution in [0.3, 0.4) is 0 Å². The molecule has 3 aromatic rings. The second kappa shape index (κ2) is 7.74. The molecule has 1 aliphatic rings. The molecular weight excluding hydrogens is 376 g/mol. The van der Waals surface area contributed by atoms with Gasteiger partial charge in [0.1, 0.15) is 11.5 Å². The topological polar surface area (TPSA) is 67.4 Å². The highest BCUT2D eigenvalue weighted by atomic mass is 35.5. The molecule has 0 aromatic heterocycles. The van der Waals surface area contributed by atoms with E-state index in [0.717, 1.165) is 5.56 Å². The number of benzene rings is 3. The maximum absolute atomic E-state index is 12.8. The summed E-state index contributed by atoms with van der Waals surface area (Å²) in [5.74, 6) is 0.257. The van der Waals surface area contributed by atoms with Gasteiger partial charge in [-0.2, -0.15) is 0 Å². The van der Waals surface area contributed by atoms with E-state index in [1.807, 2.05) is 30.3 Å². The molecule has 2 amide bonds. The van der Waals surface area contributed by atoms with Crippen LogP contribution in [0.5, 0.6) is 11.5 Å². The monoisotopic (exact) mass is 392 g/mol. The number of halogens is 1. The van der Waals surface area contributed by atoms with Gasteiger partial charge >= 0.3 is 0 Å². The molecule has 0 radical (unpaired) electrons. The van der Waals surface area contributed by atoms with Crippen molar-refractivity contribution >= 4 is 34.8 Å². The third-order valence-corrected chi connectivity index (χ3v) is 4.81. The molecule has 1 aliphatic heterocycles. The van der Waals surface area contributed by atoms with Crippen molar-refractivity contribution in [2.24, 2.45) is 0 Å². The van der Waals surface area contributed by atoms with Gasteiger partial charge in [0.2, 0.25) is 11.8 Å². The average molecular weight is 393 g/mol. The first-order chi connectivity index (χ1) is 13.6.